The van der Waals surface area contributed by atoms with E-state index in [1.54, 1.807) is 7.05 Å². The molecule has 2 rings (SSSR count). The summed E-state index contributed by atoms with van der Waals surface area (Å²) in [6.07, 6.45) is 0.449. The number of halogens is 4. The van der Waals surface area contributed by atoms with Gasteiger partial charge in [0.1, 0.15) is 23.0 Å². The van der Waals surface area contributed by atoms with E-state index in [0.717, 1.165) is 0 Å². The normalized spacial score (nSPS) is 12.1. The standard InChI is InChI=1S/C12H12F3N3O.ClH/c1-6(16-2)3-10-17-12(19-18-10)11-8(14)4-7(13)5-9(11)15;/h4-6,16H,3H2,1-2H3;1H. The van der Waals surface area contributed by atoms with Gasteiger partial charge in [-0.2, -0.15) is 4.98 Å². The Kier molecular flexibility index (Phi) is 5.52. The molecule has 2 aromatic rings. The highest BCUT2D eigenvalue weighted by atomic mass is 35.5. The number of benzene rings is 1. The van der Waals surface area contributed by atoms with E-state index in [1.807, 2.05) is 6.92 Å². The molecule has 1 aromatic heterocycles. The van der Waals surface area contributed by atoms with Crippen molar-refractivity contribution in [1.82, 2.24) is 15.5 Å². The highest BCUT2D eigenvalue weighted by Crippen LogP contribution is 2.25. The zero-order valence-electron chi connectivity index (χ0n) is 10.8. The highest BCUT2D eigenvalue weighted by Gasteiger charge is 2.20. The molecule has 1 aromatic carbocycles. The van der Waals surface area contributed by atoms with Gasteiger partial charge in [0.25, 0.3) is 5.89 Å². The van der Waals surface area contributed by atoms with Gasteiger partial charge in [-0.15, -0.1) is 12.4 Å². The number of rotatable bonds is 4. The van der Waals surface area contributed by atoms with E-state index in [9.17, 15) is 13.2 Å². The maximum atomic E-state index is 13.5. The smallest absolute Gasteiger partial charge is 0.263 e. The van der Waals surface area contributed by atoms with Crippen LogP contribution in [0.4, 0.5) is 13.2 Å². The summed E-state index contributed by atoms with van der Waals surface area (Å²) in [5, 5.41) is 6.61. The van der Waals surface area contributed by atoms with Gasteiger partial charge in [-0.1, -0.05) is 5.16 Å². The Morgan fingerprint density at radius 3 is 2.40 bits per heavy atom. The Morgan fingerprint density at radius 2 is 1.85 bits per heavy atom. The molecule has 1 atom stereocenters. The Bertz CT molecular complexity index is 568. The molecular formula is C12H13ClF3N3O. The second-order valence-corrected chi connectivity index (χ2v) is 4.15. The van der Waals surface area contributed by atoms with E-state index < -0.39 is 23.0 Å². The molecule has 0 aliphatic carbocycles. The fraction of sp³-hybridized carbons (Fsp3) is 0.333. The fourth-order valence-electron chi connectivity index (χ4n) is 1.56. The van der Waals surface area contributed by atoms with Gasteiger partial charge < -0.3 is 9.84 Å². The minimum atomic E-state index is -1.07. The number of aromatic nitrogens is 2. The molecule has 1 heterocycles. The van der Waals surface area contributed by atoms with Crippen LogP contribution in [0.5, 0.6) is 0 Å². The van der Waals surface area contributed by atoms with E-state index in [0.29, 0.717) is 24.4 Å². The minimum Gasteiger partial charge on any atom is -0.334 e. The zero-order chi connectivity index (χ0) is 14.0. The molecule has 0 bridgehead atoms. The molecule has 8 heteroatoms. The van der Waals surface area contributed by atoms with Crippen LogP contribution >= 0.6 is 12.4 Å². The molecule has 0 saturated carbocycles. The first-order chi connectivity index (χ1) is 9.01. The summed E-state index contributed by atoms with van der Waals surface area (Å²) in [5.74, 6) is -3.13. The fourth-order valence-corrected chi connectivity index (χ4v) is 1.56. The van der Waals surface area contributed by atoms with Crippen LogP contribution in [-0.2, 0) is 6.42 Å². The summed E-state index contributed by atoms with van der Waals surface area (Å²) in [4.78, 5) is 3.90. The number of likely N-dealkylation sites (N-methyl/N-ethyl adjacent to an activating group) is 1. The maximum Gasteiger partial charge on any atom is 0.263 e. The summed E-state index contributed by atoms with van der Waals surface area (Å²) in [7, 11) is 1.77. The van der Waals surface area contributed by atoms with Crippen molar-refractivity contribution in [2.75, 3.05) is 7.05 Å². The molecule has 0 aliphatic heterocycles. The molecule has 0 saturated heterocycles. The lowest BCUT2D eigenvalue weighted by atomic mass is 10.2. The van der Waals surface area contributed by atoms with E-state index >= 15 is 0 Å². The molecule has 0 spiro atoms. The Labute approximate surface area is 119 Å². The van der Waals surface area contributed by atoms with Gasteiger partial charge in [0.2, 0.25) is 0 Å². The zero-order valence-corrected chi connectivity index (χ0v) is 11.6. The van der Waals surface area contributed by atoms with Crippen LogP contribution in [0.2, 0.25) is 0 Å². The third kappa shape index (κ3) is 3.49. The summed E-state index contributed by atoms with van der Waals surface area (Å²) in [6.45, 7) is 1.90. The topological polar surface area (TPSA) is 51.0 Å². The molecule has 110 valence electrons. The molecule has 20 heavy (non-hydrogen) atoms. The average Bonchev–Trinajstić information content (AvgIpc) is 2.75. The monoisotopic (exact) mass is 307 g/mol. The molecule has 0 amide bonds. The van der Waals surface area contributed by atoms with Crippen LogP contribution in [0.1, 0.15) is 12.7 Å². The van der Waals surface area contributed by atoms with E-state index in [4.69, 9.17) is 4.52 Å². The van der Waals surface area contributed by atoms with Crippen LogP contribution in [0.15, 0.2) is 16.7 Å². The molecule has 0 aliphatic rings. The third-order valence-corrected chi connectivity index (χ3v) is 2.67. The van der Waals surface area contributed by atoms with Gasteiger partial charge in [0, 0.05) is 24.6 Å². The molecule has 1 unspecified atom stereocenters. The predicted octanol–water partition coefficient (Wildman–Crippen LogP) is 2.73. The summed E-state index contributed by atoms with van der Waals surface area (Å²) >= 11 is 0. The summed E-state index contributed by atoms with van der Waals surface area (Å²) < 4.78 is 44.6. The second kappa shape index (κ2) is 6.71. The van der Waals surface area contributed by atoms with E-state index in [-0.39, 0.29) is 24.3 Å². The molecule has 4 nitrogen and oxygen atoms in total. The van der Waals surface area contributed by atoms with E-state index in [2.05, 4.69) is 15.5 Å². The molecule has 0 radical (unpaired) electrons. The third-order valence-electron chi connectivity index (χ3n) is 2.67. The highest BCUT2D eigenvalue weighted by molar-refractivity contribution is 5.85. The van der Waals surface area contributed by atoms with Gasteiger partial charge in [-0.05, 0) is 14.0 Å². The van der Waals surface area contributed by atoms with Crippen molar-refractivity contribution in [1.29, 1.82) is 0 Å². The van der Waals surface area contributed by atoms with Crippen molar-refractivity contribution >= 4 is 12.4 Å². The van der Waals surface area contributed by atoms with Crippen molar-refractivity contribution < 1.29 is 17.7 Å². The van der Waals surface area contributed by atoms with Crippen molar-refractivity contribution in [2.24, 2.45) is 0 Å². The van der Waals surface area contributed by atoms with Gasteiger partial charge in [0.05, 0.1) is 0 Å². The van der Waals surface area contributed by atoms with Crippen LogP contribution in [0.25, 0.3) is 11.5 Å². The van der Waals surface area contributed by atoms with Gasteiger partial charge >= 0.3 is 0 Å². The van der Waals surface area contributed by atoms with Crippen molar-refractivity contribution in [3.05, 3.63) is 35.4 Å². The number of hydrogen-bond acceptors (Lipinski definition) is 4. The Hall–Kier alpha value is -1.60. The first-order valence-corrected chi connectivity index (χ1v) is 5.66. The number of hydrogen-bond donors (Lipinski definition) is 1. The summed E-state index contributed by atoms with van der Waals surface area (Å²) in [5.41, 5.74) is -0.516. The minimum absolute atomic E-state index is 0. The maximum absolute atomic E-state index is 13.5. The lowest BCUT2D eigenvalue weighted by molar-refractivity contribution is 0.412. The van der Waals surface area contributed by atoms with Crippen LogP contribution in [0.3, 0.4) is 0 Å². The number of nitrogens with one attached hydrogen (secondary N) is 1. The Morgan fingerprint density at radius 1 is 1.25 bits per heavy atom. The number of nitrogens with zero attached hydrogens (tertiary/aromatic N) is 2. The van der Waals surface area contributed by atoms with Crippen LogP contribution in [0, 0.1) is 17.5 Å². The molecule has 1 N–H and O–H groups in total. The van der Waals surface area contributed by atoms with Gasteiger partial charge in [-0.3, -0.25) is 0 Å². The lowest BCUT2D eigenvalue weighted by Crippen LogP contribution is -2.24. The van der Waals surface area contributed by atoms with E-state index in [1.165, 1.54) is 0 Å². The first kappa shape index (κ1) is 16.5. The van der Waals surface area contributed by atoms with Crippen LogP contribution < -0.4 is 5.32 Å². The van der Waals surface area contributed by atoms with Crippen molar-refractivity contribution in [3.8, 4) is 11.5 Å². The second-order valence-electron chi connectivity index (χ2n) is 4.15. The average molecular weight is 308 g/mol. The van der Waals surface area contributed by atoms with Gasteiger partial charge in [0.15, 0.2) is 5.82 Å². The SMILES string of the molecule is CNC(C)Cc1noc(-c2c(F)cc(F)cc2F)n1.Cl. The van der Waals surface area contributed by atoms with Crippen molar-refractivity contribution in [2.45, 2.75) is 19.4 Å². The quantitative estimate of drug-likeness (QED) is 0.943. The van der Waals surface area contributed by atoms with Crippen molar-refractivity contribution in [3.63, 3.8) is 0 Å². The molecule has 0 fully saturated rings. The first-order valence-electron chi connectivity index (χ1n) is 5.66. The van der Waals surface area contributed by atoms with Crippen LogP contribution in [-0.4, -0.2) is 23.2 Å². The largest absolute Gasteiger partial charge is 0.334 e. The Balaban J connectivity index is 0.00000200. The van der Waals surface area contributed by atoms with Gasteiger partial charge in [-0.25, -0.2) is 13.2 Å². The lowest BCUT2D eigenvalue weighted by Gasteiger charge is -2.04. The molecular weight excluding hydrogens is 295 g/mol. The summed E-state index contributed by atoms with van der Waals surface area (Å²) in [6, 6.07) is 1.23. The predicted molar refractivity (Wildman–Crippen MR) is 69.1 cm³/mol.